The number of aromatic nitrogens is 1. The van der Waals surface area contributed by atoms with Crippen LogP contribution in [0.4, 0.5) is 0 Å². The highest BCUT2D eigenvalue weighted by molar-refractivity contribution is 6.06. The normalized spacial score (nSPS) is 16.1. The lowest BCUT2D eigenvalue weighted by atomic mass is 9.99. The predicted molar refractivity (Wildman–Crippen MR) is 114 cm³/mol. The van der Waals surface area contributed by atoms with Crippen molar-refractivity contribution in [2.75, 3.05) is 6.54 Å². The van der Waals surface area contributed by atoms with Gasteiger partial charge in [0.1, 0.15) is 0 Å². The number of pyridine rings is 1. The van der Waals surface area contributed by atoms with Crippen LogP contribution in [-0.2, 0) is 35.3 Å². The van der Waals surface area contributed by atoms with Gasteiger partial charge >= 0.3 is 5.97 Å². The van der Waals surface area contributed by atoms with E-state index in [2.05, 4.69) is 12.1 Å². The van der Waals surface area contributed by atoms with E-state index < -0.39 is 12.1 Å². The Balaban J connectivity index is 1.38. The van der Waals surface area contributed by atoms with Gasteiger partial charge in [-0.3, -0.25) is 9.78 Å². The number of amides is 1. The number of nitrogens with zero attached hydrogens (tertiary/aromatic N) is 2. The van der Waals surface area contributed by atoms with Crippen LogP contribution in [0.15, 0.2) is 48.5 Å². The van der Waals surface area contributed by atoms with Crippen LogP contribution in [-0.4, -0.2) is 34.4 Å². The molecule has 1 aliphatic heterocycles. The van der Waals surface area contributed by atoms with Crippen LogP contribution in [0.2, 0.25) is 0 Å². The second kappa shape index (κ2) is 7.56. The fourth-order valence-electron chi connectivity index (χ4n) is 4.65. The molecule has 1 aromatic heterocycles. The van der Waals surface area contributed by atoms with Crippen molar-refractivity contribution in [3.05, 3.63) is 76.5 Å². The number of rotatable bonds is 3. The number of hydrogen-bond acceptors (Lipinski definition) is 4. The first-order valence-electron chi connectivity index (χ1n) is 10.6. The standard InChI is InChI=1S/C25H24N2O3/c1-16(24(28)27-14-13-17-7-2-3-8-18(17)15-27)30-25(29)23-19-9-4-5-11-21(19)26-22-12-6-10-20(22)23/h2-5,7-9,11,16H,6,10,12-15H2,1H3/t16-/m1/s1. The average molecular weight is 400 g/mol. The molecule has 1 atom stereocenters. The van der Waals surface area contributed by atoms with Crippen LogP contribution < -0.4 is 0 Å². The molecule has 0 radical (unpaired) electrons. The smallest absolute Gasteiger partial charge is 0.339 e. The molecule has 2 aliphatic rings. The maximum absolute atomic E-state index is 13.2. The third-order valence-corrected chi connectivity index (χ3v) is 6.20. The van der Waals surface area contributed by atoms with E-state index in [1.54, 1.807) is 11.8 Å². The summed E-state index contributed by atoms with van der Waals surface area (Å²) < 4.78 is 5.71. The van der Waals surface area contributed by atoms with Crippen molar-refractivity contribution in [3.63, 3.8) is 0 Å². The summed E-state index contributed by atoms with van der Waals surface area (Å²) in [5, 5.41) is 0.801. The molecule has 2 heterocycles. The molecule has 0 saturated heterocycles. The number of para-hydroxylation sites is 1. The molecule has 152 valence electrons. The first-order chi connectivity index (χ1) is 14.6. The number of benzene rings is 2. The molecule has 0 fully saturated rings. The highest BCUT2D eigenvalue weighted by Gasteiger charge is 2.30. The fraction of sp³-hybridized carbons (Fsp3) is 0.320. The van der Waals surface area contributed by atoms with Crippen LogP contribution in [0, 0.1) is 0 Å². The van der Waals surface area contributed by atoms with Gasteiger partial charge in [-0.05, 0) is 55.4 Å². The zero-order valence-corrected chi connectivity index (χ0v) is 17.1. The number of hydrogen-bond donors (Lipinski definition) is 0. The molecule has 1 amide bonds. The van der Waals surface area contributed by atoms with E-state index in [0.717, 1.165) is 53.4 Å². The van der Waals surface area contributed by atoms with E-state index in [4.69, 9.17) is 9.72 Å². The van der Waals surface area contributed by atoms with Crippen LogP contribution in [0.25, 0.3) is 10.9 Å². The van der Waals surface area contributed by atoms with Crippen molar-refractivity contribution in [3.8, 4) is 0 Å². The second-order valence-corrected chi connectivity index (χ2v) is 8.11. The molecule has 0 bridgehead atoms. The Morgan fingerprint density at radius 1 is 1.00 bits per heavy atom. The first kappa shape index (κ1) is 18.8. The molecule has 0 unspecified atom stereocenters. The van der Waals surface area contributed by atoms with Crippen LogP contribution in [0.1, 0.15) is 46.1 Å². The summed E-state index contributed by atoms with van der Waals surface area (Å²) in [5.74, 6) is -0.571. The SMILES string of the molecule is C[C@@H](OC(=O)c1c2c(nc3ccccc13)CCC2)C(=O)N1CCc2ccccc2C1. The van der Waals surface area contributed by atoms with Gasteiger partial charge < -0.3 is 9.64 Å². The minimum atomic E-state index is -0.827. The first-order valence-corrected chi connectivity index (χ1v) is 10.6. The lowest BCUT2D eigenvalue weighted by molar-refractivity contribution is -0.140. The summed E-state index contributed by atoms with van der Waals surface area (Å²) in [6, 6.07) is 15.8. The largest absolute Gasteiger partial charge is 0.449 e. The number of ether oxygens (including phenoxy) is 1. The van der Waals surface area contributed by atoms with Crippen molar-refractivity contribution >= 4 is 22.8 Å². The van der Waals surface area contributed by atoms with Gasteiger partial charge in [-0.25, -0.2) is 4.79 Å². The van der Waals surface area contributed by atoms with Gasteiger partial charge in [0, 0.05) is 24.2 Å². The maximum atomic E-state index is 13.2. The van der Waals surface area contributed by atoms with E-state index in [-0.39, 0.29) is 5.91 Å². The molecule has 3 aromatic rings. The highest BCUT2D eigenvalue weighted by atomic mass is 16.5. The van der Waals surface area contributed by atoms with Crippen molar-refractivity contribution in [1.29, 1.82) is 0 Å². The van der Waals surface area contributed by atoms with Crippen molar-refractivity contribution in [1.82, 2.24) is 9.88 Å². The van der Waals surface area contributed by atoms with Gasteiger partial charge in [0.15, 0.2) is 6.10 Å². The van der Waals surface area contributed by atoms with Gasteiger partial charge in [0.05, 0.1) is 11.1 Å². The monoisotopic (exact) mass is 400 g/mol. The number of carbonyl (C=O) groups excluding carboxylic acids is 2. The predicted octanol–water partition coefficient (Wildman–Crippen LogP) is 3.85. The molecule has 1 aliphatic carbocycles. The van der Waals surface area contributed by atoms with E-state index in [9.17, 15) is 9.59 Å². The summed E-state index contributed by atoms with van der Waals surface area (Å²) in [7, 11) is 0. The molecule has 2 aromatic carbocycles. The molecular weight excluding hydrogens is 376 g/mol. The third kappa shape index (κ3) is 3.24. The van der Waals surface area contributed by atoms with E-state index in [1.807, 2.05) is 36.4 Å². The molecule has 5 heteroatoms. The highest BCUT2D eigenvalue weighted by Crippen LogP contribution is 2.31. The molecule has 5 nitrogen and oxygen atoms in total. The molecule has 30 heavy (non-hydrogen) atoms. The Hall–Kier alpha value is -3.21. The zero-order chi connectivity index (χ0) is 20.7. The Labute approximate surface area is 175 Å². The Bertz CT molecular complexity index is 1150. The minimum absolute atomic E-state index is 0.145. The van der Waals surface area contributed by atoms with Crippen LogP contribution in [0.3, 0.4) is 0 Å². The molecular formula is C25H24N2O3. The van der Waals surface area contributed by atoms with Crippen molar-refractivity contribution in [2.24, 2.45) is 0 Å². The van der Waals surface area contributed by atoms with E-state index in [0.29, 0.717) is 18.7 Å². The average Bonchev–Trinajstić information content (AvgIpc) is 3.24. The Morgan fingerprint density at radius 2 is 1.77 bits per heavy atom. The summed E-state index contributed by atoms with van der Waals surface area (Å²) in [6.07, 6.45) is 2.68. The summed E-state index contributed by atoms with van der Waals surface area (Å²) in [4.78, 5) is 32.7. The topological polar surface area (TPSA) is 59.5 Å². The Morgan fingerprint density at radius 3 is 2.63 bits per heavy atom. The van der Waals surface area contributed by atoms with Gasteiger partial charge in [0.2, 0.25) is 0 Å². The van der Waals surface area contributed by atoms with Crippen molar-refractivity contribution in [2.45, 2.75) is 45.3 Å². The van der Waals surface area contributed by atoms with Crippen LogP contribution >= 0.6 is 0 Å². The molecule has 0 saturated carbocycles. The van der Waals surface area contributed by atoms with Gasteiger partial charge in [-0.1, -0.05) is 42.5 Å². The van der Waals surface area contributed by atoms with Gasteiger partial charge in [0.25, 0.3) is 5.91 Å². The number of fused-ring (bicyclic) bond motifs is 3. The lowest BCUT2D eigenvalue weighted by Gasteiger charge is -2.30. The summed E-state index contributed by atoms with van der Waals surface area (Å²) in [6.45, 7) is 2.88. The number of carbonyl (C=O) groups is 2. The number of esters is 1. The summed E-state index contributed by atoms with van der Waals surface area (Å²) >= 11 is 0. The van der Waals surface area contributed by atoms with E-state index in [1.165, 1.54) is 5.56 Å². The zero-order valence-electron chi connectivity index (χ0n) is 17.1. The maximum Gasteiger partial charge on any atom is 0.339 e. The molecule has 0 spiro atoms. The minimum Gasteiger partial charge on any atom is -0.449 e. The quantitative estimate of drug-likeness (QED) is 0.627. The van der Waals surface area contributed by atoms with E-state index >= 15 is 0 Å². The third-order valence-electron chi connectivity index (χ3n) is 6.20. The van der Waals surface area contributed by atoms with Crippen LogP contribution in [0.5, 0.6) is 0 Å². The summed E-state index contributed by atoms with van der Waals surface area (Å²) in [5.41, 5.74) is 5.78. The second-order valence-electron chi connectivity index (χ2n) is 8.11. The number of aryl methyl sites for hydroxylation is 1. The van der Waals surface area contributed by atoms with Gasteiger partial charge in [-0.15, -0.1) is 0 Å². The van der Waals surface area contributed by atoms with Crippen molar-refractivity contribution < 1.29 is 14.3 Å². The Kier molecular flexibility index (Phi) is 4.74. The molecule has 5 rings (SSSR count). The molecule has 0 N–H and O–H groups in total. The fourth-order valence-corrected chi connectivity index (χ4v) is 4.65. The lowest BCUT2D eigenvalue weighted by Crippen LogP contribution is -2.42. The van der Waals surface area contributed by atoms with Gasteiger partial charge in [-0.2, -0.15) is 0 Å².